The van der Waals surface area contributed by atoms with Crippen LogP contribution in [0.5, 0.6) is 23.0 Å². The van der Waals surface area contributed by atoms with Gasteiger partial charge in [0.05, 0.1) is 37.8 Å². The molecule has 4 heterocycles. The Balaban J connectivity index is 1.37. The number of unbranched alkanes of at least 4 members (excludes halogenated alkanes) is 18. The molecule has 5 rings (SSSR count). The molecule has 3 aromatic rings. The number of carboxylic acid groups (broad SMARTS) is 2. The number of aromatic nitrogens is 2. The third-order valence-electron chi connectivity index (χ3n) is 11.2. The average molecular weight is 777 g/mol. The van der Waals surface area contributed by atoms with Gasteiger partial charge in [-0.05, 0) is 12.8 Å². The smallest absolute Gasteiger partial charge is 0.356 e. The minimum absolute atomic E-state index is 0.129. The van der Waals surface area contributed by atoms with Crippen LogP contribution in [0.15, 0.2) is 24.3 Å². The summed E-state index contributed by atoms with van der Waals surface area (Å²) in [6.07, 6.45) is 25.2. The zero-order chi connectivity index (χ0) is 39.5. The molecular weight excluding hydrogens is 709 g/mol. The first-order chi connectivity index (χ1) is 27.5. The largest absolute Gasteiger partial charge is 0.487 e. The van der Waals surface area contributed by atoms with Crippen LogP contribution in [0.2, 0.25) is 0 Å². The van der Waals surface area contributed by atoms with Gasteiger partial charge in [0.15, 0.2) is 34.4 Å². The Labute approximate surface area is 334 Å². The molecule has 0 atom stereocenters. The van der Waals surface area contributed by atoms with Gasteiger partial charge in [0.2, 0.25) is 0 Å². The minimum Gasteiger partial charge on any atom is -0.487 e. The summed E-state index contributed by atoms with van der Waals surface area (Å²) in [7, 11) is 0. The number of rotatable bonds is 26. The van der Waals surface area contributed by atoms with Crippen molar-refractivity contribution in [3.05, 3.63) is 35.7 Å². The van der Waals surface area contributed by atoms with Crippen LogP contribution in [0.1, 0.15) is 176 Å². The van der Waals surface area contributed by atoms with Crippen molar-refractivity contribution in [3.8, 4) is 45.5 Å². The van der Waals surface area contributed by atoms with E-state index < -0.39 is 11.9 Å². The van der Waals surface area contributed by atoms with Gasteiger partial charge in [0.25, 0.3) is 0 Å². The first kappa shape index (κ1) is 43.1. The topological polar surface area (TPSA) is 121 Å². The SMILES string of the molecule is CCCCCCCCCCCCn1c(C(=O)O)c2c(c1-c1ccc(-c3c4c(c(C(=O)O)n3CCCCCCCCCCCC)OCCCO4)cc1)OCCCO2. The van der Waals surface area contributed by atoms with E-state index in [1.165, 1.54) is 89.9 Å². The summed E-state index contributed by atoms with van der Waals surface area (Å²) < 4.78 is 28.4. The fourth-order valence-corrected chi connectivity index (χ4v) is 8.24. The molecule has 2 aliphatic rings. The van der Waals surface area contributed by atoms with Crippen molar-refractivity contribution in [1.82, 2.24) is 9.13 Å². The molecule has 10 nitrogen and oxygen atoms in total. The van der Waals surface area contributed by atoms with E-state index in [1.807, 2.05) is 33.4 Å². The van der Waals surface area contributed by atoms with Crippen LogP contribution in [-0.2, 0) is 13.1 Å². The van der Waals surface area contributed by atoms with E-state index in [2.05, 4.69) is 13.8 Å². The highest BCUT2D eigenvalue weighted by Gasteiger charge is 2.34. The van der Waals surface area contributed by atoms with Crippen molar-refractivity contribution < 1.29 is 38.7 Å². The zero-order valence-corrected chi connectivity index (χ0v) is 34.3. The fraction of sp³-hybridized carbons (Fsp3) is 0.652. The Hall–Kier alpha value is -4.08. The number of hydrogen-bond acceptors (Lipinski definition) is 6. The first-order valence-electron chi connectivity index (χ1n) is 22.1. The lowest BCUT2D eigenvalue weighted by Crippen LogP contribution is -2.13. The van der Waals surface area contributed by atoms with Crippen molar-refractivity contribution in [3.63, 3.8) is 0 Å². The van der Waals surface area contributed by atoms with Gasteiger partial charge in [0.1, 0.15) is 0 Å². The minimum atomic E-state index is -1.03. The molecule has 0 radical (unpaired) electrons. The van der Waals surface area contributed by atoms with E-state index >= 15 is 0 Å². The van der Waals surface area contributed by atoms with Crippen molar-refractivity contribution in [1.29, 1.82) is 0 Å². The van der Waals surface area contributed by atoms with Crippen molar-refractivity contribution >= 4 is 11.9 Å². The normalized spacial score (nSPS) is 13.8. The fourth-order valence-electron chi connectivity index (χ4n) is 8.24. The summed E-state index contributed by atoms with van der Waals surface area (Å²) in [6.45, 7) is 7.22. The van der Waals surface area contributed by atoms with E-state index in [4.69, 9.17) is 18.9 Å². The summed E-state index contributed by atoms with van der Waals surface area (Å²) in [4.78, 5) is 25.6. The number of fused-ring (bicyclic) bond motifs is 2. The van der Waals surface area contributed by atoms with Crippen LogP contribution in [-0.4, -0.2) is 57.7 Å². The molecule has 10 heteroatoms. The Morgan fingerprint density at radius 3 is 1.05 bits per heavy atom. The quantitative estimate of drug-likeness (QED) is 0.0773. The van der Waals surface area contributed by atoms with Gasteiger partial charge < -0.3 is 38.3 Å². The molecule has 2 aliphatic heterocycles. The first-order valence-corrected chi connectivity index (χ1v) is 22.1. The van der Waals surface area contributed by atoms with Crippen LogP contribution >= 0.6 is 0 Å². The lowest BCUT2D eigenvalue weighted by Gasteiger charge is -2.15. The zero-order valence-electron chi connectivity index (χ0n) is 34.3. The van der Waals surface area contributed by atoms with Gasteiger partial charge in [-0.2, -0.15) is 0 Å². The van der Waals surface area contributed by atoms with Crippen LogP contribution in [0.4, 0.5) is 0 Å². The maximum Gasteiger partial charge on any atom is 0.356 e. The van der Waals surface area contributed by atoms with E-state index in [1.54, 1.807) is 0 Å². The summed E-state index contributed by atoms with van der Waals surface area (Å²) in [5.41, 5.74) is 3.28. The number of benzene rings is 1. The van der Waals surface area contributed by atoms with Gasteiger partial charge in [-0.15, -0.1) is 0 Å². The Morgan fingerprint density at radius 1 is 0.464 bits per heavy atom. The predicted molar refractivity (Wildman–Crippen MR) is 222 cm³/mol. The number of hydrogen-bond donors (Lipinski definition) is 2. The monoisotopic (exact) mass is 776 g/mol. The average Bonchev–Trinajstić information content (AvgIpc) is 3.39. The molecule has 0 fully saturated rings. The van der Waals surface area contributed by atoms with Crippen LogP contribution in [0, 0.1) is 0 Å². The second-order valence-electron chi connectivity index (χ2n) is 15.7. The lowest BCUT2D eigenvalue weighted by molar-refractivity contribution is 0.0669. The number of aromatic carboxylic acids is 2. The Bertz CT molecular complexity index is 1540. The van der Waals surface area contributed by atoms with Gasteiger partial charge in [-0.25, -0.2) is 9.59 Å². The van der Waals surface area contributed by atoms with E-state index in [0.29, 0.717) is 86.7 Å². The molecule has 56 heavy (non-hydrogen) atoms. The summed E-state index contributed by atoms with van der Waals surface area (Å²) in [5, 5.41) is 21.0. The van der Waals surface area contributed by atoms with Crippen LogP contribution in [0.25, 0.3) is 22.5 Å². The van der Waals surface area contributed by atoms with Crippen molar-refractivity contribution in [2.24, 2.45) is 0 Å². The second kappa shape index (κ2) is 23.2. The number of nitrogens with zero attached hydrogens (tertiary/aromatic N) is 2. The van der Waals surface area contributed by atoms with E-state index in [0.717, 1.165) is 49.7 Å². The van der Waals surface area contributed by atoms with E-state index in [-0.39, 0.29) is 11.4 Å². The maximum atomic E-state index is 12.8. The number of carbonyl (C=O) groups is 2. The molecule has 310 valence electrons. The highest BCUT2D eigenvalue weighted by Crippen LogP contribution is 2.48. The van der Waals surface area contributed by atoms with E-state index in [9.17, 15) is 19.8 Å². The highest BCUT2D eigenvalue weighted by molar-refractivity contribution is 5.95. The lowest BCUT2D eigenvalue weighted by atomic mass is 10.0. The van der Waals surface area contributed by atoms with Gasteiger partial charge in [-0.1, -0.05) is 154 Å². The Morgan fingerprint density at radius 2 is 0.750 bits per heavy atom. The third-order valence-corrected chi connectivity index (χ3v) is 11.2. The van der Waals surface area contributed by atoms with Gasteiger partial charge in [0, 0.05) is 37.1 Å². The molecule has 1 aromatic carbocycles. The number of carboxylic acids is 2. The summed E-state index contributed by atoms with van der Waals surface area (Å²) >= 11 is 0. The molecule has 2 N–H and O–H groups in total. The molecule has 0 aliphatic carbocycles. The summed E-state index contributed by atoms with van der Waals surface area (Å²) in [5.74, 6) is -0.521. The molecule has 0 saturated heterocycles. The molecular formula is C46H68N2O8. The molecule has 0 bridgehead atoms. The van der Waals surface area contributed by atoms with Crippen molar-refractivity contribution in [2.75, 3.05) is 26.4 Å². The molecule has 0 amide bonds. The molecule has 2 aromatic heterocycles. The highest BCUT2D eigenvalue weighted by atomic mass is 16.5. The molecule has 0 unspecified atom stereocenters. The van der Waals surface area contributed by atoms with Crippen molar-refractivity contribution in [2.45, 2.75) is 168 Å². The maximum absolute atomic E-state index is 12.8. The molecule has 0 saturated carbocycles. The third kappa shape index (κ3) is 11.5. The molecule has 0 spiro atoms. The van der Waals surface area contributed by atoms with Crippen LogP contribution in [0.3, 0.4) is 0 Å². The standard InChI is InChI=1S/C46H68N2O8/c1-3-5-7-9-11-13-15-17-19-21-29-47-37(41-43(39(47)45(49)50)55-33-23-31-53-41)35-25-27-36(28-26-35)38-42-44(56-34-24-32-54-42)40(46(51)52)48(38)30-22-20-18-16-14-12-10-8-6-4-2/h25-28H,3-24,29-34H2,1-2H3,(H,49,50)(H,51,52). The van der Waals surface area contributed by atoms with Crippen LogP contribution < -0.4 is 18.9 Å². The summed E-state index contributed by atoms with van der Waals surface area (Å²) in [6, 6.07) is 7.90. The van der Waals surface area contributed by atoms with Gasteiger partial charge >= 0.3 is 11.9 Å². The second-order valence-corrected chi connectivity index (χ2v) is 15.7. The Kier molecular flexibility index (Phi) is 17.9. The number of ether oxygens (including phenoxy) is 4. The predicted octanol–water partition coefficient (Wildman–Crippen LogP) is 12.2. The van der Waals surface area contributed by atoms with Gasteiger partial charge in [-0.3, -0.25) is 0 Å².